The number of ether oxygens (including phenoxy) is 1. The van der Waals surface area contributed by atoms with Gasteiger partial charge < -0.3 is 19.5 Å². The van der Waals surface area contributed by atoms with Gasteiger partial charge >= 0.3 is 5.97 Å². The average Bonchev–Trinajstić information content (AvgIpc) is 3.35. The molecule has 4 aromatic rings. The Bertz CT molecular complexity index is 1610. The number of pyridine rings is 1. The van der Waals surface area contributed by atoms with Crippen molar-refractivity contribution in [2.45, 2.75) is 40.2 Å². The van der Waals surface area contributed by atoms with Crippen LogP contribution >= 0.6 is 0 Å². The Morgan fingerprint density at radius 1 is 1.05 bits per heavy atom. The van der Waals surface area contributed by atoms with Crippen molar-refractivity contribution in [1.29, 1.82) is 0 Å². The number of nitrogens with one attached hydrogen (secondary N) is 1. The summed E-state index contributed by atoms with van der Waals surface area (Å²) in [6.45, 7) is 15.4. The predicted molar refractivity (Wildman–Crippen MR) is 166 cm³/mol. The van der Waals surface area contributed by atoms with Gasteiger partial charge in [0.2, 0.25) is 0 Å². The highest BCUT2D eigenvalue weighted by atomic mass is 16.5. The van der Waals surface area contributed by atoms with E-state index in [1.54, 1.807) is 6.20 Å². The van der Waals surface area contributed by atoms with Crippen molar-refractivity contribution >= 4 is 28.5 Å². The fraction of sp³-hybridized carbons (Fsp3) is 0.324. The zero-order valence-corrected chi connectivity index (χ0v) is 24.6. The number of aryl methyl sites for hydroxylation is 2. The van der Waals surface area contributed by atoms with Crippen LogP contribution in [0.2, 0.25) is 0 Å². The molecule has 0 atom stereocenters. The highest BCUT2D eigenvalue weighted by Gasteiger charge is 2.23. The molecule has 0 spiro atoms. The van der Waals surface area contributed by atoms with E-state index in [0.29, 0.717) is 11.2 Å². The molecule has 1 saturated heterocycles. The van der Waals surface area contributed by atoms with Crippen molar-refractivity contribution in [2.24, 2.45) is 0 Å². The number of rotatable bonds is 8. The number of aromatic nitrogens is 2. The second kappa shape index (κ2) is 11.7. The van der Waals surface area contributed by atoms with Crippen molar-refractivity contribution in [3.8, 4) is 22.4 Å². The summed E-state index contributed by atoms with van der Waals surface area (Å²) in [5, 5.41) is 0.867. The number of aromatic amines is 1. The van der Waals surface area contributed by atoms with Crippen LogP contribution in [0.1, 0.15) is 40.9 Å². The average molecular weight is 551 g/mol. The van der Waals surface area contributed by atoms with Gasteiger partial charge in [-0.3, -0.25) is 4.79 Å². The summed E-state index contributed by atoms with van der Waals surface area (Å²) < 4.78 is 5.53. The number of likely N-dealkylation sites (N-methyl/N-ethyl adjacent to an activating group) is 1. The molecule has 1 aliphatic heterocycles. The minimum atomic E-state index is -0.390. The van der Waals surface area contributed by atoms with E-state index < -0.39 is 5.97 Å². The molecule has 0 unspecified atom stereocenters. The standard InChI is InChI=1S/C34H38N4O3/c1-7-28(39)19-26-18-25(9-8-22(26)4)31-30-23(5)29(34(40)41-21(2)3)20-35-33(30)36-32(31)24-10-12-27(13-11-24)38-16-14-37(6)15-17-38/h7-13,18,20-21H,1,14-17,19H2,2-6H3,(H,35,36). The molecule has 1 N–H and O–H groups in total. The Morgan fingerprint density at radius 2 is 1.73 bits per heavy atom. The molecule has 7 heteroatoms. The maximum Gasteiger partial charge on any atom is 0.340 e. The second-order valence-electron chi connectivity index (χ2n) is 11.2. The molecule has 212 valence electrons. The van der Waals surface area contributed by atoms with Gasteiger partial charge in [0, 0.05) is 55.4 Å². The maximum absolute atomic E-state index is 13.0. The van der Waals surface area contributed by atoms with Crippen LogP contribution in [0.5, 0.6) is 0 Å². The zero-order chi connectivity index (χ0) is 29.3. The fourth-order valence-corrected chi connectivity index (χ4v) is 5.48. The number of piperazine rings is 1. The Hall–Kier alpha value is -4.23. The molecular formula is C34H38N4O3. The third-order valence-corrected chi connectivity index (χ3v) is 7.90. The lowest BCUT2D eigenvalue weighted by molar-refractivity contribution is -0.114. The number of fused-ring (bicyclic) bond motifs is 1. The molecule has 2 aromatic heterocycles. The molecule has 0 bridgehead atoms. The number of hydrogen-bond acceptors (Lipinski definition) is 6. The van der Waals surface area contributed by atoms with Crippen LogP contribution in [-0.2, 0) is 16.0 Å². The first-order valence-electron chi connectivity index (χ1n) is 14.2. The normalized spacial score (nSPS) is 14.0. The lowest BCUT2D eigenvalue weighted by Crippen LogP contribution is -2.44. The van der Waals surface area contributed by atoms with Gasteiger partial charge in [0.1, 0.15) is 5.65 Å². The summed E-state index contributed by atoms with van der Waals surface area (Å²) >= 11 is 0. The number of esters is 1. The molecule has 0 amide bonds. The fourth-order valence-electron chi connectivity index (χ4n) is 5.48. The minimum Gasteiger partial charge on any atom is -0.459 e. The minimum absolute atomic E-state index is 0.0274. The number of ketones is 1. The van der Waals surface area contributed by atoms with Gasteiger partial charge in [0.15, 0.2) is 5.78 Å². The molecule has 2 aromatic carbocycles. The van der Waals surface area contributed by atoms with Crippen LogP contribution in [0.25, 0.3) is 33.4 Å². The lowest BCUT2D eigenvalue weighted by Gasteiger charge is -2.34. The van der Waals surface area contributed by atoms with E-state index in [-0.39, 0.29) is 18.3 Å². The predicted octanol–water partition coefficient (Wildman–Crippen LogP) is 6.13. The van der Waals surface area contributed by atoms with Crippen LogP contribution in [0, 0.1) is 13.8 Å². The summed E-state index contributed by atoms with van der Waals surface area (Å²) in [5.74, 6) is -0.418. The van der Waals surface area contributed by atoms with Crippen LogP contribution in [0.4, 0.5) is 5.69 Å². The number of allylic oxidation sites excluding steroid dienone is 1. The Balaban J connectivity index is 1.67. The molecule has 1 aliphatic rings. The van der Waals surface area contributed by atoms with Gasteiger partial charge in [0.05, 0.1) is 17.4 Å². The van der Waals surface area contributed by atoms with Crippen molar-refractivity contribution in [3.05, 3.63) is 83.6 Å². The van der Waals surface area contributed by atoms with E-state index in [1.807, 2.05) is 33.8 Å². The topological polar surface area (TPSA) is 78.5 Å². The molecule has 41 heavy (non-hydrogen) atoms. The molecule has 5 rings (SSSR count). The number of carbonyl (C=O) groups excluding carboxylic acids is 2. The summed E-state index contributed by atoms with van der Waals surface area (Å²) in [6, 6.07) is 14.8. The molecular weight excluding hydrogens is 512 g/mol. The number of H-pyrrole nitrogens is 1. The summed E-state index contributed by atoms with van der Waals surface area (Å²) in [7, 11) is 2.16. The molecule has 0 radical (unpaired) electrons. The quantitative estimate of drug-likeness (QED) is 0.210. The maximum atomic E-state index is 13.0. The van der Waals surface area contributed by atoms with Crippen LogP contribution in [-0.4, -0.2) is 66.0 Å². The smallest absolute Gasteiger partial charge is 0.340 e. The number of benzene rings is 2. The Kier molecular flexibility index (Phi) is 8.08. The zero-order valence-electron chi connectivity index (χ0n) is 24.6. The number of hydrogen-bond donors (Lipinski definition) is 1. The summed E-state index contributed by atoms with van der Waals surface area (Å²) in [4.78, 5) is 38.2. The molecule has 7 nitrogen and oxygen atoms in total. The van der Waals surface area contributed by atoms with Gasteiger partial charge in [0.25, 0.3) is 0 Å². The van der Waals surface area contributed by atoms with Crippen LogP contribution in [0.3, 0.4) is 0 Å². The first-order chi connectivity index (χ1) is 19.7. The van der Waals surface area contributed by atoms with E-state index in [9.17, 15) is 9.59 Å². The lowest BCUT2D eigenvalue weighted by atomic mass is 9.92. The third kappa shape index (κ3) is 5.81. The van der Waals surface area contributed by atoms with Gasteiger partial charge in [-0.1, -0.05) is 36.9 Å². The van der Waals surface area contributed by atoms with Crippen molar-refractivity contribution in [1.82, 2.24) is 14.9 Å². The Morgan fingerprint density at radius 3 is 2.39 bits per heavy atom. The molecule has 0 saturated carbocycles. The van der Waals surface area contributed by atoms with Crippen LogP contribution < -0.4 is 4.90 Å². The van der Waals surface area contributed by atoms with E-state index in [0.717, 1.165) is 70.6 Å². The number of carbonyl (C=O) groups is 2. The highest BCUT2D eigenvalue weighted by molar-refractivity contribution is 6.07. The van der Waals surface area contributed by atoms with Gasteiger partial charge in [-0.05, 0) is 80.8 Å². The van der Waals surface area contributed by atoms with E-state index in [1.165, 1.54) is 11.8 Å². The van der Waals surface area contributed by atoms with E-state index in [4.69, 9.17) is 4.74 Å². The highest BCUT2D eigenvalue weighted by Crippen LogP contribution is 2.41. The van der Waals surface area contributed by atoms with E-state index in [2.05, 4.69) is 69.8 Å². The largest absolute Gasteiger partial charge is 0.459 e. The van der Waals surface area contributed by atoms with Crippen molar-refractivity contribution in [3.63, 3.8) is 0 Å². The van der Waals surface area contributed by atoms with E-state index >= 15 is 0 Å². The molecule has 3 heterocycles. The summed E-state index contributed by atoms with van der Waals surface area (Å²) in [6.07, 6.45) is 3.00. The first kappa shape index (κ1) is 28.3. The number of nitrogens with zero attached hydrogens (tertiary/aromatic N) is 3. The molecule has 0 aliphatic carbocycles. The Labute approximate surface area is 241 Å². The van der Waals surface area contributed by atoms with Crippen molar-refractivity contribution in [2.75, 3.05) is 38.1 Å². The monoisotopic (exact) mass is 550 g/mol. The summed E-state index contributed by atoms with van der Waals surface area (Å²) in [5.41, 5.74) is 8.96. The SMILES string of the molecule is C=CC(=O)Cc1cc(-c2c(-c3ccc(N4CCN(C)CC4)cc3)[nH]c3ncc(C(=O)OC(C)C)c(C)c23)ccc1C. The van der Waals surface area contributed by atoms with Crippen molar-refractivity contribution < 1.29 is 14.3 Å². The third-order valence-electron chi connectivity index (χ3n) is 7.90. The second-order valence-corrected chi connectivity index (χ2v) is 11.2. The molecule has 1 fully saturated rings. The number of anilines is 1. The first-order valence-corrected chi connectivity index (χ1v) is 14.2. The van der Waals surface area contributed by atoms with Gasteiger partial charge in [-0.25, -0.2) is 9.78 Å². The van der Waals surface area contributed by atoms with Crippen LogP contribution in [0.15, 0.2) is 61.3 Å². The van der Waals surface area contributed by atoms with Gasteiger partial charge in [-0.2, -0.15) is 0 Å². The van der Waals surface area contributed by atoms with Gasteiger partial charge in [-0.15, -0.1) is 0 Å².